The number of carbonyl (C=O) groups is 1. The van der Waals surface area contributed by atoms with E-state index in [1.54, 1.807) is 0 Å². The second-order valence-corrected chi connectivity index (χ2v) is 8.82. The summed E-state index contributed by atoms with van der Waals surface area (Å²) in [5, 5.41) is 0.705. The lowest BCUT2D eigenvalue weighted by Crippen LogP contribution is -2.45. The highest BCUT2D eigenvalue weighted by molar-refractivity contribution is 6.14. The Morgan fingerprint density at radius 3 is 2.46 bits per heavy atom. The number of benzene rings is 1. The first kappa shape index (κ1) is 18.8. The van der Waals surface area contributed by atoms with Crippen LogP contribution in [0.5, 0.6) is 11.5 Å². The number of ether oxygens (including phenoxy) is 2. The molecule has 0 fully saturated rings. The van der Waals surface area contributed by atoms with Crippen LogP contribution in [-0.2, 0) is 6.42 Å². The molecule has 28 heavy (non-hydrogen) atoms. The van der Waals surface area contributed by atoms with Gasteiger partial charge in [0.2, 0.25) is 0 Å². The minimum atomic E-state index is -0.673. The number of ketones is 1. The molecule has 0 N–H and O–H groups in total. The third-order valence-corrected chi connectivity index (χ3v) is 5.80. The summed E-state index contributed by atoms with van der Waals surface area (Å²) in [6, 6.07) is 1.51. The van der Waals surface area contributed by atoms with Gasteiger partial charge in [0.05, 0.1) is 16.9 Å². The summed E-state index contributed by atoms with van der Waals surface area (Å²) in [5.41, 5.74) is 0.550. The summed E-state index contributed by atoms with van der Waals surface area (Å²) >= 11 is 0. The Hall–Kier alpha value is -2.56. The zero-order chi connectivity index (χ0) is 20.4. The van der Waals surface area contributed by atoms with Gasteiger partial charge >= 0.3 is 5.63 Å². The first-order valence-corrected chi connectivity index (χ1v) is 9.84. The van der Waals surface area contributed by atoms with E-state index in [0.29, 0.717) is 28.9 Å². The lowest BCUT2D eigenvalue weighted by Gasteiger charge is -2.39. The van der Waals surface area contributed by atoms with Crippen LogP contribution >= 0.6 is 0 Å². The average Bonchev–Trinajstić information content (AvgIpc) is 2.58. The predicted octanol–water partition coefficient (Wildman–Crippen LogP) is 4.92. The average molecular weight is 382 g/mol. The molecule has 0 unspecified atom stereocenters. The fraction of sp³-hybridized carbons (Fsp3) is 0.478. The molecule has 148 valence electrons. The number of hydrogen-bond acceptors (Lipinski definition) is 5. The molecule has 2 aromatic rings. The molecular weight excluding hydrogens is 356 g/mol. The van der Waals surface area contributed by atoms with Crippen molar-refractivity contribution in [3.8, 4) is 11.5 Å². The molecular formula is C23H26O5. The minimum Gasteiger partial charge on any atom is -0.485 e. The van der Waals surface area contributed by atoms with Gasteiger partial charge in [-0.15, -0.1) is 0 Å². The van der Waals surface area contributed by atoms with Crippen molar-refractivity contribution in [2.24, 2.45) is 5.92 Å². The van der Waals surface area contributed by atoms with Gasteiger partial charge in [0.1, 0.15) is 28.3 Å². The van der Waals surface area contributed by atoms with Crippen molar-refractivity contribution in [2.45, 2.75) is 65.6 Å². The lowest BCUT2D eigenvalue weighted by atomic mass is 9.80. The van der Waals surface area contributed by atoms with E-state index in [0.717, 1.165) is 17.5 Å². The Morgan fingerprint density at radius 2 is 1.79 bits per heavy atom. The van der Waals surface area contributed by atoms with Crippen molar-refractivity contribution in [2.75, 3.05) is 0 Å². The maximum Gasteiger partial charge on any atom is 0.336 e. The molecule has 0 aliphatic carbocycles. The van der Waals surface area contributed by atoms with Crippen molar-refractivity contribution in [3.05, 3.63) is 39.3 Å². The molecule has 1 atom stereocenters. The van der Waals surface area contributed by atoms with Crippen LogP contribution in [0.15, 0.2) is 21.4 Å². The molecule has 0 spiro atoms. The van der Waals surface area contributed by atoms with Gasteiger partial charge in [0.15, 0.2) is 11.4 Å². The standard InChI is InChI=1S/C23H26O5/c1-7-8-13-11-15(24)26-21-16(13)19-14(9-10-22(3,4)27-19)20-17(21)18(25)12(2)23(5,6)28-20/h9-12H,7-8H2,1-6H3/t12-/m1/s1. The molecule has 5 heteroatoms. The van der Waals surface area contributed by atoms with E-state index in [4.69, 9.17) is 13.9 Å². The number of fused-ring (bicyclic) bond motifs is 6. The van der Waals surface area contributed by atoms with Crippen LogP contribution in [0.4, 0.5) is 0 Å². The normalized spacial score (nSPS) is 21.6. The van der Waals surface area contributed by atoms with E-state index in [1.807, 2.05) is 46.8 Å². The van der Waals surface area contributed by atoms with E-state index in [2.05, 4.69) is 6.92 Å². The Morgan fingerprint density at radius 1 is 1.07 bits per heavy atom. The van der Waals surface area contributed by atoms with Gasteiger partial charge in [-0.1, -0.05) is 20.3 Å². The fourth-order valence-electron chi connectivity index (χ4n) is 3.96. The predicted molar refractivity (Wildman–Crippen MR) is 108 cm³/mol. The second kappa shape index (κ2) is 5.97. The Kier molecular flexibility index (Phi) is 4.00. The summed E-state index contributed by atoms with van der Waals surface area (Å²) in [4.78, 5) is 25.6. The minimum absolute atomic E-state index is 0.0749. The highest BCUT2D eigenvalue weighted by atomic mass is 16.5. The molecule has 5 nitrogen and oxygen atoms in total. The molecule has 2 aliphatic rings. The molecule has 2 aliphatic heterocycles. The summed E-state index contributed by atoms with van der Waals surface area (Å²) in [6.07, 6.45) is 5.46. The molecule has 3 heterocycles. The van der Waals surface area contributed by atoms with Crippen LogP contribution in [0.1, 0.15) is 69.4 Å². The Balaban J connectivity index is 2.19. The van der Waals surface area contributed by atoms with Crippen molar-refractivity contribution < 1.29 is 18.7 Å². The zero-order valence-electron chi connectivity index (χ0n) is 17.3. The van der Waals surface area contributed by atoms with Crippen molar-refractivity contribution in [3.63, 3.8) is 0 Å². The van der Waals surface area contributed by atoms with E-state index < -0.39 is 16.8 Å². The zero-order valence-corrected chi connectivity index (χ0v) is 17.3. The van der Waals surface area contributed by atoms with Crippen molar-refractivity contribution in [1.29, 1.82) is 0 Å². The Bertz CT molecular complexity index is 1080. The van der Waals surface area contributed by atoms with E-state index in [-0.39, 0.29) is 17.3 Å². The van der Waals surface area contributed by atoms with Crippen molar-refractivity contribution >= 4 is 22.8 Å². The van der Waals surface area contributed by atoms with Crippen LogP contribution in [-0.4, -0.2) is 17.0 Å². The third kappa shape index (κ3) is 2.67. The molecule has 1 aromatic carbocycles. The van der Waals surface area contributed by atoms with E-state index >= 15 is 0 Å². The van der Waals surface area contributed by atoms with Crippen molar-refractivity contribution in [1.82, 2.24) is 0 Å². The van der Waals surface area contributed by atoms with Gasteiger partial charge in [0.25, 0.3) is 0 Å². The third-order valence-electron chi connectivity index (χ3n) is 5.80. The Labute approximate surface area is 164 Å². The van der Waals surface area contributed by atoms with E-state index in [1.165, 1.54) is 6.07 Å². The smallest absolute Gasteiger partial charge is 0.336 e. The van der Waals surface area contributed by atoms with Gasteiger partial charge in [-0.3, -0.25) is 4.79 Å². The number of carbonyl (C=O) groups excluding carboxylic acids is 1. The molecule has 4 rings (SSSR count). The highest BCUT2D eigenvalue weighted by Gasteiger charge is 2.45. The number of rotatable bonds is 2. The fourth-order valence-corrected chi connectivity index (χ4v) is 3.96. The SMILES string of the molecule is CCCc1cc(=O)oc2c3c(c4c(c12)OC(C)(C)C=C4)OC(C)(C)[C@H](C)C3=O. The first-order valence-electron chi connectivity index (χ1n) is 9.84. The molecule has 0 saturated heterocycles. The summed E-state index contributed by atoms with van der Waals surface area (Å²) in [6.45, 7) is 11.6. The quantitative estimate of drug-likeness (QED) is 0.690. The molecule has 0 bridgehead atoms. The molecule has 1 aromatic heterocycles. The topological polar surface area (TPSA) is 65.7 Å². The lowest BCUT2D eigenvalue weighted by molar-refractivity contribution is 0.0314. The largest absolute Gasteiger partial charge is 0.485 e. The monoisotopic (exact) mass is 382 g/mol. The summed E-state index contributed by atoms with van der Waals surface area (Å²) in [5.74, 6) is 0.617. The number of aryl methyl sites for hydroxylation is 1. The van der Waals surface area contributed by atoms with Gasteiger partial charge in [0, 0.05) is 6.07 Å². The molecule has 0 radical (unpaired) electrons. The van der Waals surface area contributed by atoms with E-state index in [9.17, 15) is 9.59 Å². The van der Waals surface area contributed by atoms with Crippen LogP contribution in [0.25, 0.3) is 17.0 Å². The molecule has 0 saturated carbocycles. The van der Waals surface area contributed by atoms with Crippen LogP contribution < -0.4 is 15.1 Å². The molecule has 0 amide bonds. The second-order valence-electron chi connectivity index (χ2n) is 8.82. The van der Waals surface area contributed by atoms with Gasteiger partial charge in [-0.25, -0.2) is 4.79 Å². The number of Topliss-reactive ketones (excluding diaryl/α,β-unsaturated/α-hetero) is 1. The van der Waals surface area contributed by atoms with Gasteiger partial charge in [-0.05, 0) is 51.8 Å². The highest BCUT2D eigenvalue weighted by Crippen LogP contribution is 2.50. The number of hydrogen-bond donors (Lipinski definition) is 0. The van der Waals surface area contributed by atoms with Gasteiger partial charge < -0.3 is 13.9 Å². The summed E-state index contributed by atoms with van der Waals surface area (Å²) < 4.78 is 18.2. The summed E-state index contributed by atoms with van der Waals surface area (Å²) in [7, 11) is 0. The maximum absolute atomic E-state index is 13.3. The van der Waals surface area contributed by atoms with Crippen LogP contribution in [0, 0.1) is 5.92 Å². The maximum atomic E-state index is 13.3. The van der Waals surface area contributed by atoms with Gasteiger partial charge in [-0.2, -0.15) is 0 Å². The first-order chi connectivity index (χ1) is 13.1. The van der Waals surface area contributed by atoms with Crippen LogP contribution in [0.3, 0.4) is 0 Å². The van der Waals surface area contributed by atoms with Crippen LogP contribution in [0.2, 0.25) is 0 Å².